The van der Waals surface area contributed by atoms with Crippen molar-refractivity contribution in [2.75, 3.05) is 0 Å². The van der Waals surface area contributed by atoms with Gasteiger partial charge in [-0.1, -0.05) is 0 Å². The summed E-state index contributed by atoms with van der Waals surface area (Å²) in [6.45, 7) is -0.311. The second-order valence-electron chi connectivity index (χ2n) is 2.33. The van der Waals surface area contributed by atoms with Crippen molar-refractivity contribution in [1.29, 1.82) is 0 Å². The smallest absolute Gasteiger partial charge is 0.323 e. The Morgan fingerprint density at radius 3 is 2.85 bits per heavy atom. The molecule has 1 heterocycles. The monoisotopic (exact) mass is 357 g/mol. The summed E-state index contributed by atoms with van der Waals surface area (Å²) in [6.07, 6.45) is 1.50. The van der Waals surface area contributed by atoms with Gasteiger partial charge in [-0.25, -0.2) is 0 Å². The maximum atomic E-state index is 11.3. The maximum absolute atomic E-state index is 11.3. The molecule has 0 aromatic carbocycles. The SMILES string of the molecule is O=C(O)Cn1cc(I)cc(Br)c1=O. The van der Waals surface area contributed by atoms with E-state index in [1.54, 1.807) is 6.07 Å². The van der Waals surface area contributed by atoms with E-state index >= 15 is 0 Å². The molecule has 0 aliphatic rings. The van der Waals surface area contributed by atoms with Gasteiger partial charge in [0.2, 0.25) is 0 Å². The summed E-state index contributed by atoms with van der Waals surface area (Å²) in [5, 5.41) is 8.50. The van der Waals surface area contributed by atoms with Crippen molar-refractivity contribution in [2.45, 2.75) is 6.54 Å². The van der Waals surface area contributed by atoms with E-state index in [1.807, 2.05) is 22.6 Å². The number of carboxylic acid groups (broad SMARTS) is 1. The molecular weight excluding hydrogens is 353 g/mol. The molecule has 70 valence electrons. The number of carboxylic acids is 1. The van der Waals surface area contributed by atoms with Crippen molar-refractivity contribution in [3.63, 3.8) is 0 Å². The first kappa shape index (κ1) is 10.7. The third-order valence-corrected chi connectivity index (χ3v) is 2.47. The van der Waals surface area contributed by atoms with Crippen molar-refractivity contribution in [3.8, 4) is 0 Å². The molecule has 0 unspecified atom stereocenters. The molecule has 0 spiro atoms. The molecule has 0 atom stereocenters. The van der Waals surface area contributed by atoms with E-state index in [-0.39, 0.29) is 12.1 Å². The van der Waals surface area contributed by atoms with Gasteiger partial charge in [0.05, 0.1) is 4.47 Å². The molecule has 0 aliphatic carbocycles. The molecule has 1 aromatic heterocycles. The Morgan fingerprint density at radius 2 is 2.31 bits per heavy atom. The number of nitrogens with zero attached hydrogens (tertiary/aromatic N) is 1. The van der Waals surface area contributed by atoms with Gasteiger partial charge in [0, 0.05) is 9.77 Å². The number of pyridine rings is 1. The number of carbonyl (C=O) groups is 1. The van der Waals surface area contributed by atoms with Crippen molar-refractivity contribution in [1.82, 2.24) is 4.57 Å². The van der Waals surface area contributed by atoms with E-state index in [2.05, 4.69) is 15.9 Å². The number of hydrogen-bond donors (Lipinski definition) is 1. The van der Waals surface area contributed by atoms with Crippen LogP contribution in [0.5, 0.6) is 0 Å². The van der Waals surface area contributed by atoms with Gasteiger partial charge in [0.15, 0.2) is 0 Å². The average molecular weight is 358 g/mol. The fraction of sp³-hybridized carbons (Fsp3) is 0.143. The van der Waals surface area contributed by atoms with Gasteiger partial charge < -0.3 is 9.67 Å². The summed E-state index contributed by atoms with van der Waals surface area (Å²) in [5.74, 6) is -1.03. The molecule has 0 amide bonds. The Bertz CT molecular complexity index is 401. The molecule has 1 rings (SSSR count). The highest BCUT2D eigenvalue weighted by Crippen LogP contribution is 2.08. The standard InChI is InChI=1S/C7H5BrINO3/c8-5-1-4(9)2-10(7(5)13)3-6(11)12/h1-2H,3H2,(H,11,12). The molecule has 6 heteroatoms. The summed E-state index contributed by atoms with van der Waals surface area (Å²) in [7, 11) is 0. The van der Waals surface area contributed by atoms with E-state index in [9.17, 15) is 9.59 Å². The number of aliphatic carboxylic acids is 1. The molecule has 0 fully saturated rings. The first-order valence-corrected chi connectivity index (χ1v) is 5.15. The summed E-state index contributed by atoms with van der Waals surface area (Å²) in [5.41, 5.74) is -0.331. The number of rotatable bonds is 2. The van der Waals surface area contributed by atoms with E-state index < -0.39 is 5.97 Å². The van der Waals surface area contributed by atoms with Crippen LogP contribution in [0.3, 0.4) is 0 Å². The predicted octanol–water partition coefficient (Wildman–Crippen LogP) is 1.30. The van der Waals surface area contributed by atoms with Gasteiger partial charge in [0.25, 0.3) is 5.56 Å². The topological polar surface area (TPSA) is 59.3 Å². The summed E-state index contributed by atoms with van der Waals surface area (Å²) >= 11 is 5.07. The van der Waals surface area contributed by atoms with Crippen LogP contribution < -0.4 is 5.56 Å². The second-order valence-corrected chi connectivity index (χ2v) is 4.43. The van der Waals surface area contributed by atoms with Crippen LogP contribution in [0.25, 0.3) is 0 Å². The maximum Gasteiger partial charge on any atom is 0.323 e. The van der Waals surface area contributed by atoms with Gasteiger partial charge in [-0.15, -0.1) is 0 Å². The minimum atomic E-state index is -1.03. The van der Waals surface area contributed by atoms with Crippen LogP contribution in [-0.4, -0.2) is 15.6 Å². The zero-order valence-electron chi connectivity index (χ0n) is 6.33. The Labute approximate surface area is 95.8 Å². The Hall–Kier alpha value is -0.370. The van der Waals surface area contributed by atoms with Crippen LogP contribution in [0, 0.1) is 3.57 Å². The molecule has 0 aliphatic heterocycles. The predicted molar refractivity (Wildman–Crippen MR) is 58.8 cm³/mol. The van der Waals surface area contributed by atoms with Gasteiger partial charge >= 0.3 is 5.97 Å². The molecule has 0 saturated carbocycles. The first-order valence-electron chi connectivity index (χ1n) is 3.28. The van der Waals surface area contributed by atoms with E-state index in [4.69, 9.17) is 5.11 Å². The quantitative estimate of drug-likeness (QED) is 0.812. The highest BCUT2D eigenvalue weighted by atomic mass is 127. The molecule has 1 N–H and O–H groups in total. The largest absolute Gasteiger partial charge is 0.480 e. The zero-order chi connectivity index (χ0) is 10.0. The molecule has 4 nitrogen and oxygen atoms in total. The Balaban J connectivity index is 3.21. The minimum absolute atomic E-state index is 0.311. The van der Waals surface area contributed by atoms with Crippen LogP contribution in [-0.2, 0) is 11.3 Å². The fourth-order valence-electron chi connectivity index (χ4n) is 0.828. The van der Waals surface area contributed by atoms with E-state index in [0.717, 1.165) is 8.14 Å². The highest BCUT2D eigenvalue weighted by molar-refractivity contribution is 14.1. The lowest BCUT2D eigenvalue weighted by molar-refractivity contribution is -0.137. The number of halogens is 2. The van der Waals surface area contributed by atoms with Crippen molar-refractivity contribution in [2.24, 2.45) is 0 Å². The molecule has 13 heavy (non-hydrogen) atoms. The van der Waals surface area contributed by atoms with Gasteiger partial charge in [0.1, 0.15) is 6.54 Å². The van der Waals surface area contributed by atoms with Crippen molar-refractivity contribution < 1.29 is 9.90 Å². The van der Waals surface area contributed by atoms with Crippen LogP contribution in [0.2, 0.25) is 0 Å². The van der Waals surface area contributed by atoms with Gasteiger partial charge in [-0.05, 0) is 44.6 Å². The Kier molecular flexibility index (Phi) is 3.48. The normalized spacial score (nSPS) is 10.0. The molecule has 1 aromatic rings. The lowest BCUT2D eigenvalue weighted by atomic mass is 10.4. The lowest BCUT2D eigenvalue weighted by Crippen LogP contribution is -2.24. The van der Waals surface area contributed by atoms with Crippen LogP contribution >= 0.6 is 38.5 Å². The summed E-state index contributed by atoms with van der Waals surface area (Å²) in [6, 6.07) is 1.64. The summed E-state index contributed by atoms with van der Waals surface area (Å²) < 4.78 is 2.33. The van der Waals surface area contributed by atoms with Crippen LogP contribution in [0.1, 0.15) is 0 Å². The molecule has 0 saturated heterocycles. The zero-order valence-corrected chi connectivity index (χ0v) is 10.1. The van der Waals surface area contributed by atoms with E-state index in [1.165, 1.54) is 6.20 Å². The molecule has 0 bridgehead atoms. The highest BCUT2D eigenvalue weighted by Gasteiger charge is 2.05. The number of aromatic nitrogens is 1. The van der Waals surface area contributed by atoms with Crippen LogP contribution in [0.4, 0.5) is 0 Å². The Morgan fingerprint density at radius 1 is 1.69 bits per heavy atom. The van der Waals surface area contributed by atoms with E-state index in [0.29, 0.717) is 4.47 Å². The van der Waals surface area contributed by atoms with Crippen molar-refractivity contribution in [3.05, 3.63) is 30.7 Å². The van der Waals surface area contributed by atoms with Crippen molar-refractivity contribution >= 4 is 44.5 Å². The molecule has 0 radical (unpaired) electrons. The van der Waals surface area contributed by atoms with Gasteiger partial charge in [-0.3, -0.25) is 9.59 Å². The second kappa shape index (κ2) is 4.23. The van der Waals surface area contributed by atoms with Crippen LogP contribution in [0.15, 0.2) is 21.5 Å². The minimum Gasteiger partial charge on any atom is -0.480 e. The van der Waals surface area contributed by atoms with Gasteiger partial charge in [-0.2, -0.15) is 0 Å². The third kappa shape index (κ3) is 2.80. The average Bonchev–Trinajstić information content (AvgIpc) is 1.98. The first-order chi connectivity index (χ1) is 6.00. The lowest BCUT2D eigenvalue weighted by Gasteiger charge is -2.02. The fourth-order valence-corrected chi connectivity index (χ4v) is 2.38. The molecular formula is C7H5BrINO3. The summed E-state index contributed by atoms with van der Waals surface area (Å²) in [4.78, 5) is 21.7. The third-order valence-electron chi connectivity index (χ3n) is 1.31. The number of hydrogen-bond acceptors (Lipinski definition) is 2.